The number of carboxylic acids is 1. The molecule has 2 rings (SSSR count). The molecule has 2 N–H and O–H groups in total. The number of para-hydroxylation sites is 1. The molecule has 1 aromatic heterocycles. The van der Waals surface area contributed by atoms with Crippen LogP contribution in [0.1, 0.15) is 55.6 Å². The SMILES string of the molecule is Cc1nc(C(=O)NC(C)C(C)C(=O)O)nn1-c1ccccc1C(C)C. The molecule has 2 atom stereocenters. The van der Waals surface area contributed by atoms with E-state index < -0.39 is 23.8 Å². The maximum absolute atomic E-state index is 12.4. The summed E-state index contributed by atoms with van der Waals surface area (Å²) in [6.07, 6.45) is 0. The molecule has 0 aliphatic carbocycles. The largest absolute Gasteiger partial charge is 0.481 e. The highest BCUT2D eigenvalue weighted by atomic mass is 16.4. The van der Waals surface area contributed by atoms with Crippen LogP contribution in [0.2, 0.25) is 0 Å². The van der Waals surface area contributed by atoms with Crippen molar-refractivity contribution in [2.24, 2.45) is 5.92 Å². The molecule has 0 saturated heterocycles. The lowest BCUT2D eigenvalue weighted by Gasteiger charge is -2.16. The Balaban J connectivity index is 2.29. The predicted molar refractivity (Wildman–Crippen MR) is 93.9 cm³/mol. The van der Waals surface area contributed by atoms with Gasteiger partial charge in [-0.1, -0.05) is 32.0 Å². The first kappa shape index (κ1) is 18.6. The Kier molecular flexibility index (Phi) is 5.56. The molecule has 2 unspecified atom stereocenters. The Labute approximate surface area is 147 Å². The highest BCUT2D eigenvalue weighted by Crippen LogP contribution is 2.23. The van der Waals surface area contributed by atoms with Gasteiger partial charge in [0.1, 0.15) is 5.82 Å². The van der Waals surface area contributed by atoms with Gasteiger partial charge in [-0.15, -0.1) is 5.10 Å². The second-order valence-electron chi connectivity index (χ2n) is 6.50. The van der Waals surface area contributed by atoms with Crippen molar-refractivity contribution in [2.45, 2.75) is 46.6 Å². The van der Waals surface area contributed by atoms with E-state index in [9.17, 15) is 9.59 Å². The fourth-order valence-corrected chi connectivity index (χ4v) is 2.49. The van der Waals surface area contributed by atoms with E-state index in [4.69, 9.17) is 5.11 Å². The van der Waals surface area contributed by atoms with Crippen LogP contribution < -0.4 is 5.32 Å². The summed E-state index contributed by atoms with van der Waals surface area (Å²) in [6.45, 7) is 9.16. The van der Waals surface area contributed by atoms with Gasteiger partial charge in [-0.05, 0) is 38.3 Å². The van der Waals surface area contributed by atoms with Gasteiger partial charge in [-0.3, -0.25) is 9.59 Å². The topological polar surface area (TPSA) is 97.1 Å². The molecular formula is C18H24N4O3. The molecule has 0 radical (unpaired) electrons. The molecular weight excluding hydrogens is 320 g/mol. The molecule has 1 amide bonds. The molecule has 1 heterocycles. The molecule has 0 aliphatic rings. The molecule has 0 saturated carbocycles. The average Bonchev–Trinajstić information content (AvgIpc) is 2.95. The summed E-state index contributed by atoms with van der Waals surface area (Å²) in [5.74, 6) is -1.22. The van der Waals surface area contributed by atoms with Crippen LogP contribution in [0.4, 0.5) is 0 Å². The number of aliphatic carboxylic acids is 1. The number of hydrogen-bond donors (Lipinski definition) is 2. The zero-order chi connectivity index (χ0) is 18.7. The number of carbonyl (C=O) groups is 2. The number of carbonyl (C=O) groups excluding carboxylic acids is 1. The Bertz CT molecular complexity index is 782. The molecule has 1 aromatic carbocycles. The van der Waals surface area contributed by atoms with E-state index in [1.165, 1.54) is 0 Å². The van der Waals surface area contributed by atoms with Crippen molar-refractivity contribution in [2.75, 3.05) is 0 Å². The zero-order valence-electron chi connectivity index (χ0n) is 15.1. The first-order valence-corrected chi connectivity index (χ1v) is 8.29. The Morgan fingerprint density at radius 1 is 1.16 bits per heavy atom. The fourth-order valence-electron chi connectivity index (χ4n) is 2.49. The lowest BCUT2D eigenvalue weighted by molar-refractivity contribution is -0.141. The number of hydrogen-bond acceptors (Lipinski definition) is 4. The van der Waals surface area contributed by atoms with E-state index in [2.05, 4.69) is 29.2 Å². The monoisotopic (exact) mass is 344 g/mol. The third-order valence-corrected chi connectivity index (χ3v) is 4.26. The lowest BCUT2D eigenvalue weighted by Crippen LogP contribution is -2.40. The third kappa shape index (κ3) is 4.04. The first-order valence-electron chi connectivity index (χ1n) is 8.29. The third-order valence-electron chi connectivity index (χ3n) is 4.26. The van der Waals surface area contributed by atoms with Gasteiger partial charge < -0.3 is 10.4 Å². The molecule has 25 heavy (non-hydrogen) atoms. The van der Waals surface area contributed by atoms with Gasteiger partial charge in [0.2, 0.25) is 5.82 Å². The first-order chi connectivity index (χ1) is 11.7. The van der Waals surface area contributed by atoms with Crippen molar-refractivity contribution in [3.63, 3.8) is 0 Å². The standard InChI is InChI=1S/C18H24N4O3/c1-10(2)14-8-6-7-9-15(14)22-13(5)20-16(21-22)17(23)19-12(4)11(3)18(24)25/h6-12H,1-5H3,(H,19,23)(H,24,25). The molecule has 2 aromatic rings. The van der Waals surface area contributed by atoms with Gasteiger partial charge in [-0.2, -0.15) is 0 Å². The van der Waals surface area contributed by atoms with Crippen LogP contribution in [0, 0.1) is 12.8 Å². The predicted octanol–water partition coefficient (Wildman–Crippen LogP) is 2.54. The number of rotatable bonds is 6. The highest BCUT2D eigenvalue weighted by Gasteiger charge is 2.24. The smallest absolute Gasteiger partial charge is 0.308 e. The minimum absolute atomic E-state index is 0.0282. The zero-order valence-corrected chi connectivity index (χ0v) is 15.1. The summed E-state index contributed by atoms with van der Waals surface area (Å²) in [4.78, 5) is 27.6. The second-order valence-corrected chi connectivity index (χ2v) is 6.50. The van der Waals surface area contributed by atoms with Crippen molar-refractivity contribution >= 4 is 11.9 Å². The minimum atomic E-state index is -0.965. The summed E-state index contributed by atoms with van der Waals surface area (Å²) < 4.78 is 1.65. The normalized spacial score (nSPS) is 13.5. The van der Waals surface area contributed by atoms with Gasteiger partial charge in [-0.25, -0.2) is 9.67 Å². The van der Waals surface area contributed by atoms with E-state index >= 15 is 0 Å². The van der Waals surface area contributed by atoms with Crippen molar-refractivity contribution in [1.82, 2.24) is 20.1 Å². The molecule has 0 aliphatic heterocycles. The van der Waals surface area contributed by atoms with Crippen LogP contribution >= 0.6 is 0 Å². The van der Waals surface area contributed by atoms with Gasteiger partial charge in [0, 0.05) is 6.04 Å². The number of nitrogens with zero attached hydrogens (tertiary/aromatic N) is 3. The fraction of sp³-hybridized carbons (Fsp3) is 0.444. The Morgan fingerprint density at radius 2 is 1.80 bits per heavy atom. The quantitative estimate of drug-likeness (QED) is 0.839. The van der Waals surface area contributed by atoms with Crippen LogP contribution in [0.3, 0.4) is 0 Å². The Morgan fingerprint density at radius 3 is 2.40 bits per heavy atom. The van der Waals surface area contributed by atoms with Crippen LogP contribution in [-0.4, -0.2) is 37.8 Å². The Hall–Kier alpha value is -2.70. The number of carboxylic acid groups (broad SMARTS) is 1. The molecule has 7 nitrogen and oxygen atoms in total. The van der Waals surface area contributed by atoms with Gasteiger partial charge >= 0.3 is 5.97 Å². The molecule has 0 fully saturated rings. The van der Waals surface area contributed by atoms with Crippen LogP contribution in [-0.2, 0) is 4.79 Å². The van der Waals surface area contributed by atoms with Crippen LogP contribution in [0.5, 0.6) is 0 Å². The van der Waals surface area contributed by atoms with Gasteiger partial charge in [0.05, 0.1) is 11.6 Å². The molecule has 0 bridgehead atoms. The average molecular weight is 344 g/mol. The number of amides is 1. The summed E-state index contributed by atoms with van der Waals surface area (Å²) in [7, 11) is 0. The van der Waals surface area contributed by atoms with Crippen molar-refractivity contribution < 1.29 is 14.7 Å². The lowest BCUT2D eigenvalue weighted by atomic mass is 10.0. The summed E-state index contributed by atoms with van der Waals surface area (Å²) >= 11 is 0. The highest BCUT2D eigenvalue weighted by molar-refractivity contribution is 5.91. The summed E-state index contributed by atoms with van der Waals surface area (Å²) in [5.41, 5.74) is 1.99. The maximum atomic E-state index is 12.4. The van der Waals surface area contributed by atoms with E-state index in [-0.39, 0.29) is 5.82 Å². The minimum Gasteiger partial charge on any atom is -0.481 e. The van der Waals surface area contributed by atoms with E-state index in [1.54, 1.807) is 25.5 Å². The number of benzene rings is 1. The maximum Gasteiger partial charge on any atom is 0.308 e. The van der Waals surface area contributed by atoms with Crippen LogP contribution in [0.15, 0.2) is 24.3 Å². The van der Waals surface area contributed by atoms with E-state index in [0.717, 1.165) is 11.3 Å². The molecule has 134 valence electrons. The van der Waals surface area contributed by atoms with E-state index in [0.29, 0.717) is 11.7 Å². The van der Waals surface area contributed by atoms with Crippen molar-refractivity contribution in [3.05, 3.63) is 41.5 Å². The van der Waals surface area contributed by atoms with Gasteiger partial charge in [0.15, 0.2) is 0 Å². The summed E-state index contributed by atoms with van der Waals surface area (Å²) in [6, 6.07) is 7.32. The second kappa shape index (κ2) is 7.46. The molecule has 0 spiro atoms. The molecule has 7 heteroatoms. The number of aromatic nitrogens is 3. The van der Waals surface area contributed by atoms with Crippen LogP contribution in [0.25, 0.3) is 5.69 Å². The number of aryl methyl sites for hydroxylation is 1. The van der Waals surface area contributed by atoms with Crippen molar-refractivity contribution in [1.29, 1.82) is 0 Å². The number of nitrogens with one attached hydrogen (secondary N) is 1. The van der Waals surface area contributed by atoms with Crippen molar-refractivity contribution in [3.8, 4) is 5.69 Å². The van der Waals surface area contributed by atoms with Gasteiger partial charge in [0.25, 0.3) is 5.91 Å². The van der Waals surface area contributed by atoms with E-state index in [1.807, 2.05) is 24.3 Å². The summed E-state index contributed by atoms with van der Waals surface area (Å²) in [5, 5.41) is 16.0.